The second-order valence-electron chi connectivity index (χ2n) is 7.52. The van der Waals surface area contributed by atoms with Crippen LogP contribution in [-0.2, 0) is 4.79 Å². The van der Waals surface area contributed by atoms with E-state index in [-0.39, 0.29) is 11.8 Å². The fourth-order valence-electron chi connectivity index (χ4n) is 3.99. The molecule has 0 radical (unpaired) electrons. The van der Waals surface area contributed by atoms with Crippen LogP contribution in [0.3, 0.4) is 0 Å². The number of hydrogen-bond acceptors (Lipinski definition) is 1. The van der Waals surface area contributed by atoms with E-state index < -0.39 is 23.5 Å². The van der Waals surface area contributed by atoms with Crippen molar-refractivity contribution in [2.75, 3.05) is 11.5 Å². The fraction of sp³-hybridized carbons (Fsp3) is 0.0385. The number of rotatable bonds is 6. The maximum absolute atomic E-state index is 14.2. The van der Waals surface area contributed by atoms with Crippen LogP contribution >= 0.6 is 17.2 Å². The molecule has 0 saturated carbocycles. The molecule has 4 aromatic carbocycles. The Morgan fingerprint density at radius 3 is 1.56 bits per heavy atom. The van der Waals surface area contributed by atoms with E-state index in [0.717, 1.165) is 28.0 Å². The molecule has 1 N–H and O–H groups in total. The molecule has 0 aliphatic heterocycles. The Labute approximate surface area is 190 Å². The molecule has 32 heavy (non-hydrogen) atoms. The first-order chi connectivity index (χ1) is 15.4. The molecule has 0 aliphatic carbocycles. The van der Waals surface area contributed by atoms with E-state index in [1.54, 1.807) is 0 Å². The van der Waals surface area contributed by atoms with E-state index in [0.29, 0.717) is 0 Å². The third-order valence-corrected chi connectivity index (χ3v) is 12.7. The molecular weight excluding hydrogens is 447 g/mol. The van der Waals surface area contributed by atoms with Crippen LogP contribution < -0.4 is 21.2 Å². The van der Waals surface area contributed by atoms with Crippen LogP contribution in [0.4, 0.5) is 14.5 Å². The van der Waals surface area contributed by atoms with Crippen molar-refractivity contribution in [1.82, 2.24) is 0 Å². The number of carbonyl (C=O) groups excluding carboxylic acids is 1. The van der Waals surface area contributed by atoms with Gasteiger partial charge in [-0.1, -0.05) is 0 Å². The van der Waals surface area contributed by atoms with Crippen molar-refractivity contribution in [3.05, 3.63) is 121 Å². The zero-order valence-electron chi connectivity index (χ0n) is 17.1. The summed E-state index contributed by atoms with van der Waals surface area (Å²) in [7, 11) is 0. The van der Waals surface area contributed by atoms with Crippen LogP contribution in [0.2, 0.25) is 0 Å². The van der Waals surface area contributed by atoms with E-state index in [2.05, 4.69) is 5.32 Å². The minimum absolute atomic E-state index is 0.0905. The van der Waals surface area contributed by atoms with Crippen molar-refractivity contribution < 1.29 is 13.6 Å². The van der Waals surface area contributed by atoms with Crippen molar-refractivity contribution in [2.45, 2.75) is 0 Å². The first-order valence-corrected chi connectivity index (χ1v) is 13.4. The fourth-order valence-corrected chi connectivity index (χ4v) is 9.77. The van der Waals surface area contributed by atoms with Crippen molar-refractivity contribution in [1.29, 1.82) is 0 Å². The van der Waals surface area contributed by atoms with Crippen LogP contribution in [0, 0.1) is 11.6 Å². The summed E-state index contributed by atoms with van der Waals surface area (Å²) in [5, 5.41) is 5.07. The van der Waals surface area contributed by atoms with Crippen LogP contribution in [-0.4, -0.2) is 12.1 Å². The maximum atomic E-state index is 14.2. The van der Waals surface area contributed by atoms with E-state index >= 15 is 0 Å². The Balaban J connectivity index is 1.90. The van der Waals surface area contributed by atoms with Crippen molar-refractivity contribution >= 4 is 44.7 Å². The summed E-state index contributed by atoms with van der Waals surface area (Å²) < 4.78 is 27.5. The Hall–Kier alpha value is -3.07. The third kappa shape index (κ3) is 3.92. The molecule has 6 heteroatoms. The molecule has 0 heterocycles. The van der Waals surface area contributed by atoms with E-state index in [4.69, 9.17) is 11.2 Å². The number of amides is 1. The van der Waals surface area contributed by atoms with Crippen LogP contribution in [0.15, 0.2) is 109 Å². The average molecular weight is 468 g/mol. The van der Waals surface area contributed by atoms with Crippen molar-refractivity contribution in [2.24, 2.45) is 0 Å². The summed E-state index contributed by atoms with van der Waals surface area (Å²) in [4.78, 5) is 13.4. The average Bonchev–Trinajstić information content (AvgIpc) is 2.83. The molecule has 0 saturated heterocycles. The van der Waals surface area contributed by atoms with Gasteiger partial charge in [-0.2, -0.15) is 0 Å². The molecule has 0 unspecified atom stereocenters. The normalized spacial score (nSPS) is 12.5. The Morgan fingerprint density at radius 1 is 0.719 bits per heavy atom. The molecular formula is C26H21ClF2NOP. The number of halogens is 3. The van der Waals surface area contributed by atoms with E-state index in [1.807, 2.05) is 91.0 Å². The standard InChI is InChI=1S/C26H21ClF2NOP/c27-32(21-10-4-1-5-11-21,22-12-6-2-7-13-22,23-14-8-3-9-15-23)19-26(31)30-25-17-16-20(28)18-24(25)29/h1-18H,19H2,(H,30,31). The van der Waals surface area contributed by atoms with Gasteiger partial charge >= 0.3 is 191 Å². The quantitative estimate of drug-likeness (QED) is 0.368. The summed E-state index contributed by atoms with van der Waals surface area (Å²) in [6.07, 6.45) is -0.0952. The molecule has 0 atom stereocenters. The zero-order valence-corrected chi connectivity index (χ0v) is 18.7. The molecule has 0 spiro atoms. The van der Waals surface area contributed by atoms with E-state index in [9.17, 15) is 13.6 Å². The summed E-state index contributed by atoms with van der Waals surface area (Å²) in [6.45, 7) is 0. The molecule has 0 bridgehead atoms. The first kappa shape index (κ1) is 22.1. The molecule has 1 amide bonds. The molecule has 0 aromatic heterocycles. The molecule has 0 aliphatic rings. The molecule has 162 valence electrons. The van der Waals surface area contributed by atoms with Gasteiger partial charge < -0.3 is 0 Å². The number of carbonyl (C=O) groups is 1. The van der Waals surface area contributed by atoms with Gasteiger partial charge in [-0.15, -0.1) is 0 Å². The van der Waals surface area contributed by atoms with E-state index in [1.165, 1.54) is 6.07 Å². The van der Waals surface area contributed by atoms with Crippen molar-refractivity contribution in [3.63, 3.8) is 0 Å². The van der Waals surface area contributed by atoms with Gasteiger partial charge in [-0.05, 0) is 0 Å². The number of hydrogen-bond donors (Lipinski definition) is 1. The summed E-state index contributed by atoms with van der Waals surface area (Å²) in [6, 6.07) is 31.6. The minimum atomic E-state index is -3.82. The Kier molecular flexibility index (Phi) is 6.10. The zero-order chi connectivity index (χ0) is 22.6. The first-order valence-electron chi connectivity index (χ1n) is 10.1. The molecule has 4 aromatic rings. The topological polar surface area (TPSA) is 29.1 Å². The van der Waals surface area contributed by atoms with Gasteiger partial charge in [0.15, 0.2) is 0 Å². The van der Waals surface area contributed by atoms with Gasteiger partial charge in [-0.25, -0.2) is 0 Å². The van der Waals surface area contributed by atoms with Gasteiger partial charge in [0, 0.05) is 0 Å². The SMILES string of the molecule is O=C(CP(Cl)(c1ccccc1)(c1ccccc1)c1ccccc1)Nc1ccc(F)cc1F. The second-order valence-corrected chi connectivity index (χ2v) is 14.0. The van der Waals surface area contributed by atoms with Gasteiger partial charge in [0.2, 0.25) is 0 Å². The second kappa shape index (κ2) is 8.82. The van der Waals surface area contributed by atoms with Gasteiger partial charge in [0.1, 0.15) is 0 Å². The van der Waals surface area contributed by atoms with Crippen LogP contribution in [0.25, 0.3) is 0 Å². The van der Waals surface area contributed by atoms with Gasteiger partial charge in [0.25, 0.3) is 0 Å². The predicted octanol–water partition coefficient (Wildman–Crippen LogP) is 5.59. The predicted molar refractivity (Wildman–Crippen MR) is 131 cm³/mol. The molecule has 0 fully saturated rings. The Bertz CT molecular complexity index is 1140. The number of benzene rings is 4. The summed E-state index contributed by atoms with van der Waals surface area (Å²) >= 11 is 7.82. The number of anilines is 1. The van der Waals surface area contributed by atoms with Crippen molar-refractivity contribution in [3.8, 4) is 0 Å². The van der Waals surface area contributed by atoms with Gasteiger partial charge in [0.05, 0.1) is 0 Å². The van der Waals surface area contributed by atoms with Crippen LogP contribution in [0.5, 0.6) is 0 Å². The molecule has 2 nitrogen and oxygen atoms in total. The monoisotopic (exact) mass is 467 g/mol. The summed E-state index contributed by atoms with van der Waals surface area (Å²) in [5.74, 6) is -5.84. The molecule has 4 rings (SSSR count). The van der Waals surface area contributed by atoms with Crippen LogP contribution in [0.1, 0.15) is 0 Å². The number of nitrogens with one attached hydrogen (secondary N) is 1. The van der Waals surface area contributed by atoms with Gasteiger partial charge in [-0.3, -0.25) is 0 Å². The third-order valence-electron chi connectivity index (χ3n) is 5.53. The summed E-state index contributed by atoms with van der Waals surface area (Å²) in [5.41, 5.74) is -0.0905. The Morgan fingerprint density at radius 2 is 1.16 bits per heavy atom.